The van der Waals surface area contributed by atoms with Crippen molar-refractivity contribution in [3.05, 3.63) is 48.2 Å². The molecule has 2 rings (SSSR count). The molecule has 0 bridgehead atoms. The van der Waals surface area contributed by atoms with Gasteiger partial charge in [0.2, 0.25) is 0 Å². The number of hydrogen-bond donors (Lipinski definition) is 3. The van der Waals surface area contributed by atoms with Crippen molar-refractivity contribution >= 4 is 17.4 Å². The molecule has 0 radical (unpaired) electrons. The number of benzene rings is 1. The molecule has 0 fully saturated rings. The highest BCUT2D eigenvalue weighted by molar-refractivity contribution is 6.04. The topological polar surface area (TPSA) is 88.2 Å². The van der Waals surface area contributed by atoms with Gasteiger partial charge in [-0.25, -0.2) is 4.98 Å². The lowest BCUT2D eigenvalue weighted by molar-refractivity contribution is 0.102. The summed E-state index contributed by atoms with van der Waals surface area (Å²) in [6.45, 7) is 0. The molecule has 17 heavy (non-hydrogen) atoms. The number of nitrogen functional groups attached to an aromatic ring is 1. The van der Waals surface area contributed by atoms with E-state index in [0.29, 0.717) is 11.3 Å². The molecule has 86 valence electrons. The molecule has 2 aromatic rings. The van der Waals surface area contributed by atoms with Crippen LogP contribution in [-0.4, -0.2) is 16.0 Å². The van der Waals surface area contributed by atoms with E-state index < -0.39 is 0 Å². The molecule has 0 aliphatic carbocycles. The number of anilines is 2. The molecule has 1 aromatic carbocycles. The number of hydrogen-bond acceptors (Lipinski definition) is 4. The number of rotatable bonds is 2. The first-order chi connectivity index (χ1) is 8.16. The number of carbonyl (C=O) groups excluding carboxylic acids is 1. The molecule has 0 aliphatic rings. The SMILES string of the molecule is Nc1cccc(C(=O)Nc2ncccc2O)c1. The number of nitrogens with two attached hydrogens (primary N) is 1. The van der Waals surface area contributed by atoms with Crippen LogP contribution in [0, 0.1) is 0 Å². The zero-order valence-electron chi connectivity index (χ0n) is 8.92. The van der Waals surface area contributed by atoms with Gasteiger partial charge in [0, 0.05) is 17.4 Å². The summed E-state index contributed by atoms with van der Waals surface area (Å²) in [4.78, 5) is 15.7. The number of nitrogens with zero attached hydrogens (tertiary/aromatic N) is 1. The summed E-state index contributed by atoms with van der Waals surface area (Å²) in [5.74, 6) is -0.323. The van der Waals surface area contributed by atoms with Crippen molar-refractivity contribution in [2.75, 3.05) is 11.1 Å². The van der Waals surface area contributed by atoms with Crippen LogP contribution in [-0.2, 0) is 0 Å². The molecule has 5 heteroatoms. The van der Waals surface area contributed by atoms with Gasteiger partial charge < -0.3 is 16.2 Å². The highest BCUT2D eigenvalue weighted by Gasteiger charge is 2.09. The highest BCUT2D eigenvalue weighted by Crippen LogP contribution is 2.19. The maximum Gasteiger partial charge on any atom is 0.256 e. The second-order valence-corrected chi connectivity index (χ2v) is 3.45. The Balaban J connectivity index is 2.20. The van der Waals surface area contributed by atoms with Crippen LogP contribution in [0.3, 0.4) is 0 Å². The van der Waals surface area contributed by atoms with Crippen LogP contribution < -0.4 is 11.1 Å². The minimum absolute atomic E-state index is 0.0789. The van der Waals surface area contributed by atoms with Crippen molar-refractivity contribution < 1.29 is 9.90 Å². The quantitative estimate of drug-likeness (QED) is 0.683. The highest BCUT2D eigenvalue weighted by atomic mass is 16.3. The predicted molar refractivity (Wildman–Crippen MR) is 64.7 cm³/mol. The van der Waals surface area contributed by atoms with Gasteiger partial charge >= 0.3 is 0 Å². The first kappa shape index (κ1) is 10.9. The Bertz CT molecular complexity index is 555. The Morgan fingerprint density at radius 3 is 2.82 bits per heavy atom. The molecule has 0 saturated heterocycles. The van der Waals surface area contributed by atoms with E-state index in [-0.39, 0.29) is 17.5 Å². The smallest absolute Gasteiger partial charge is 0.256 e. The number of nitrogens with one attached hydrogen (secondary N) is 1. The fourth-order valence-corrected chi connectivity index (χ4v) is 1.35. The van der Waals surface area contributed by atoms with Gasteiger partial charge in [-0.05, 0) is 30.3 Å². The number of aromatic nitrogens is 1. The molecule has 4 N–H and O–H groups in total. The Morgan fingerprint density at radius 1 is 1.29 bits per heavy atom. The fraction of sp³-hybridized carbons (Fsp3) is 0. The van der Waals surface area contributed by atoms with E-state index in [1.807, 2.05) is 0 Å². The Morgan fingerprint density at radius 2 is 2.12 bits per heavy atom. The van der Waals surface area contributed by atoms with Gasteiger partial charge in [0.25, 0.3) is 5.91 Å². The first-order valence-corrected chi connectivity index (χ1v) is 4.97. The predicted octanol–water partition coefficient (Wildman–Crippen LogP) is 1.62. The fourth-order valence-electron chi connectivity index (χ4n) is 1.35. The lowest BCUT2D eigenvalue weighted by atomic mass is 10.2. The second-order valence-electron chi connectivity index (χ2n) is 3.45. The minimum Gasteiger partial charge on any atom is -0.504 e. The van der Waals surface area contributed by atoms with E-state index in [1.54, 1.807) is 30.3 Å². The first-order valence-electron chi connectivity index (χ1n) is 4.97. The van der Waals surface area contributed by atoms with Crippen molar-refractivity contribution in [1.82, 2.24) is 4.98 Å². The van der Waals surface area contributed by atoms with Crippen LogP contribution in [0.5, 0.6) is 5.75 Å². The second kappa shape index (κ2) is 4.52. The van der Waals surface area contributed by atoms with Gasteiger partial charge in [-0.15, -0.1) is 0 Å². The molecular formula is C12H11N3O2. The van der Waals surface area contributed by atoms with Crippen LogP contribution in [0.1, 0.15) is 10.4 Å². The van der Waals surface area contributed by atoms with Crippen molar-refractivity contribution in [2.45, 2.75) is 0 Å². The maximum absolute atomic E-state index is 11.8. The summed E-state index contributed by atoms with van der Waals surface area (Å²) in [5, 5.41) is 12.0. The Labute approximate surface area is 97.9 Å². The van der Waals surface area contributed by atoms with Gasteiger partial charge in [0.15, 0.2) is 11.6 Å². The molecular weight excluding hydrogens is 218 g/mol. The third-order valence-corrected chi connectivity index (χ3v) is 2.17. The zero-order chi connectivity index (χ0) is 12.3. The molecule has 0 atom stereocenters. The van der Waals surface area contributed by atoms with Crippen LogP contribution in [0.4, 0.5) is 11.5 Å². The molecule has 0 unspecified atom stereocenters. The van der Waals surface area contributed by atoms with E-state index in [9.17, 15) is 9.90 Å². The molecule has 5 nitrogen and oxygen atoms in total. The average molecular weight is 229 g/mol. The zero-order valence-corrected chi connectivity index (χ0v) is 8.92. The number of aromatic hydroxyl groups is 1. The molecule has 1 aromatic heterocycles. The number of pyridine rings is 1. The Kier molecular flexibility index (Phi) is 2.91. The average Bonchev–Trinajstić information content (AvgIpc) is 2.32. The van der Waals surface area contributed by atoms with E-state index >= 15 is 0 Å². The summed E-state index contributed by atoms with van der Waals surface area (Å²) in [6, 6.07) is 9.58. The van der Waals surface area contributed by atoms with E-state index in [0.717, 1.165) is 0 Å². The van der Waals surface area contributed by atoms with Crippen LogP contribution >= 0.6 is 0 Å². The lowest BCUT2D eigenvalue weighted by Crippen LogP contribution is -2.13. The van der Waals surface area contributed by atoms with E-state index in [2.05, 4.69) is 10.3 Å². The summed E-state index contributed by atoms with van der Waals surface area (Å²) in [7, 11) is 0. The van der Waals surface area contributed by atoms with Crippen molar-refractivity contribution in [3.63, 3.8) is 0 Å². The van der Waals surface area contributed by atoms with Gasteiger partial charge in [0.05, 0.1) is 0 Å². The van der Waals surface area contributed by atoms with E-state index in [1.165, 1.54) is 12.3 Å². The molecule has 0 aliphatic heterocycles. The van der Waals surface area contributed by atoms with Crippen molar-refractivity contribution in [2.24, 2.45) is 0 Å². The third kappa shape index (κ3) is 2.52. The van der Waals surface area contributed by atoms with Gasteiger partial charge in [-0.1, -0.05) is 6.07 Å². The number of carbonyl (C=O) groups is 1. The standard InChI is InChI=1S/C12H11N3O2/c13-9-4-1-3-8(7-9)12(17)15-11-10(16)5-2-6-14-11/h1-7,16H,13H2,(H,14,15,17). The van der Waals surface area contributed by atoms with Crippen LogP contribution in [0.2, 0.25) is 0 Å². The molecule has 1 heterocycles. The van der Waals surface area contributed by atoms with Gasteiger partial charge in [-0.2, -0.15) is 0 Å². The van der Waals surface area contributed by atoms with E-state index in [4.69, 9.17) is 5.73 Å². The minimum atomic E-state index is -0.369. The maximum atomic E-state index is 11.8. The number of amides is 1. The molecule has 0 spiro atoms. The van der Waals surface area contributed by atoms with Crippen LogP contribution in [0.25, 0.3) is 0 Å². The van der Waals surface area contributed by atoms with Crippen molar-refractivity contribution in [1.29, 1.82) is 0 Å². The van der Waals surface area contributed by atoms with Gasteiger partial charge in [0.1, 0.15) is 0 Å². The Hall–Kier alpha value is -2.56. The molecule has 1 amide bonds. The van der Waals surface area contributed by atoms with Gasteiger partial charge in [-0.3, -0.25) is 4.79 Å². The summed E-state index contributed by atoms with van der Waals surface area (Å²) < 4.78 is 0. The third-order valence-electron chi connectivity index (χ3n) is 2.17. The summed E-state index contributed by atoms with van der Waals surface area (Å²) in [5.41, 5.74) is 6.49. The monoisotopic (exact) mass is 229 g/mol. The largest absolute Gasteiger partial charge is 0.504 e. The van der Waals surface area contributed by atoms with Crippen molar-refractivity contribution in [3.8, 4) is 5.75 Å². The summed E-state index contributed by atoms with van der Waals surface area (Å²) in [6.07, 6.45) is 1.48. The lowest BCUT2D eigenvalue weighted by Gasteiger charge is -2.06. The normalized spacial score (nSPS) is 9.88. The van der Waals surface area contributed by atoms with Crippen LogP contribution in [0.15, 0.2) is 42.6 Å². The summed E-state index contributed by atoms with van der Waals surface area (Å²) >= 11 is 0. The molecule has 0 saturated carbocycles.